The van der Waals surface area contributed by atoms with Crippen LogP contribution in [-0.4, -0.2) is 167 Å². The molecule has 2 amide bonds. The predicted molar refractivity (Wildman–Crippen MR) is 186 cm³/mol. The van der Waals surface area contributed by atoms with E-state index in [1.807, 2.05) is 30.3 Å². The van der Waals surface area contributed by atoms with Gasteiger partial charge in [0.15, 0.2) is 0 Å². The molecule has 0 bridgehead atoms. The first-order valence-corrected chi connectivity index (χ1v) is 17.6. The normalized spacial score (nSPS) is 10.9. The summed E-state index contributed by atoms with van der Waals surface area (Å²) in [5.74, 6) is -1.62. The lowest BCUT2D eigenvalue weighted by Gasteiger charge is -2.20. The number of hydrogen-bond donors (Lipinski definition) is 1. The molecule has 0 atom stereocenters. The van der Waals surface area contributed by atoms with Gasteiger partial charge in [0.05, 0.1) is 125 Å². The monoisotopic (exact) mass is 746 g/mol. The van der Waals surface area contributed by atoms with Crippen LogP contribution >= 0.6 is 0 Å². The SMILES string of the molecule is CCOC(=O)CN(CC(=O)OCC)C(=O)CCOCCOCCOCCOCCOCCOCCOCCOCCNC(=O)OCc1ccccc1. The fourth-order valence-corrected chi connectivity index (χ4v) is 3.92. The van der Waals surface area contributed by atoms with Crippen molar-refractivity contribution in [3.63, 3.8) is 0 Å². The molecule has 0 aromatic heterocycles. The molecule has 1 aromatic carbocycles. The highest BCUT2D eigenvalue weighted by Gasteiger charge is 2.21. The number of carbonyl (C=O) groups excluding carboxylic acids is 4. The fraction of sp³-hybridized carbons (Fsp3) is 0.714. The van der Waals surface area contributed by atoms with Crippen molar-refractivity contribution in [3.8, 4) is 0 Å². The zero-order valence-electron chi connectivity index (χ0n) is 30.7. The molecule has 17 heteroatoms. The Labute approximate surface area is 306 Å². The molecule has 0 saturated heterocycles. The average molecular weight is 747 g/mol. The molecule has 0 heterocycles. The predicted octanol–water partition coefficient (Wildman–Crippen LogP) is 1.39. The van der Waals surface area contributed by atoms with Crippen molar-refractivity contribution in [2.45, 2.75) is 26.9 Å². The standard InChI is InChI=1S/C35H58N2O15/c1-3-50-33(39)28-37(29-34(40)51-4-2)32(38)10-12-42-14-16-44-18-20-46-22-24-48-26-27-49-25-23-47-21-19-45-17-15-43-13-11-36-35(41)52-30-31-8-6-5-7-9-31/h5-9H,3-4,10-30H2,1-2H3,(H,36,41). The zero-order valence-corrected chi connectivity index (χ0v) is 30.7. The van der Waals surface area contributed by atoms with Gasteiger partial charge in [-0.25, -0.2) is 4.79 Å². The van der Waals surface area contributed by atoms with Crippen molar-refractivity contribution in [3.05, 3.63) is 35.9 Å². The van der Waals surface area contributed by atoms with Gasteiger partial charge in [0.25, 0.3) is 0 Å². The van der Waals surface area contributed by atoms with Gasteiger partial charge >= 0.3 is 18.0 Å². The summed E-state index contributed by atoms with van der Waals surface area (Å²) in [7, 11) is 0. The minimum Gasteiger partial charge on any atom is -0.465 e. The van der Waals surface area contributed by atoms with Gasteiger partial charge in [-0.15, -0.1) is 0 Å². The van der Waals surface area contributed by atoms with Gasteiger partial charge in [0, 0.05) is 6.54 Å². The molecular weight excluding hydrogens is 688 g/mol. The smallest absolute Gasteiger partial charge is 0.407 e. The molecular formula is C35H58N2O15. The van der Waals surface area contributed by atoms with Crippen LogP contribution in [0.25, 0.3) is 0 Å². The third-order valence-corrected chi connectivity index (χ3v) is 6.40. The minimum absolute atomic E-state index is 0.00639. The Kier molecular flexibility index (Phi) is 31.1. The van der Waals surface area contributed by atoms with Crippen molar-refractivity contribution in [1.82, 2.24) is 10.2 Å². The second kappa shape index (κ2) is 34.7. The van der Waals surface area contributed by atoms with Crippen LogP contribution in [0.2, 0.25) is 0 Å². The second-order valence-corrected chi connectivity index (χ2v) is 10.5. The lowest BCUT2D eigenvalue weighted by atomic mass is 10.2. The number of esters is 2. The number of rotatable bonds is 35. The van der Waals surface area contributed by atoms with E-state index in [2.05, 4.69) is 5.32 Å². The summed E-state index contributed by atoms with van der Waals surface area (Å²) >= 11 is 0. The van der Waals surface area contributed by atoms with Crippen LogP contribution in [0.1, 0.15) is 25.8 Å². The molecule has 0 aliphatic heterocycles. The summed E-state index contributed by atoms with van der Waals surface area (Å²) < 4.78 is 58.4. The summed E-state index contributed by atoms with van der Waals surface area (Å²) in [5.41, 5.74) is 0.926. The van der Waals surface area contributed by atoms with E-state index in [1.165, 1.54) is 0 Å². The molecule has 1 aromatic rings. The summed E-state index contributed by atoms with van der Waals surface area (Å²) in [6.07, 6.45) is -0.489. The molecule has 0 aliphatic rings. The van der Waals surface area contributed by atoms with Gasteiger partial charge in [0.1, 0.15) is 19.7 Å². The number of carbonyl (C=O) groups is 4. The summed E-state index contributed by atoms with van der Waals surface area (Å²) in [4.78, 5) is 48.7. The Morgan fingerprint density at radius 2 is 0.904 bits per heavy atom. The van der Waals surface area contributed by atoms with Crippen molar-refractivity contribution in [2.24, 2.45) is 0 Å². The number of nitrogens with zero attached hydrogens (tertiary/aromatic N) is 1. The van der Waals surface area contributed by atoms with Crippen LogP contribution in [0.5, 0.6) is 0 Å². The number of hydrogen-bond acceptors (Lipinski definition) is 15. The van der Waals surface area contributed by atoms with Gasteiger partial charge in [-0.1, -0.05) is 30.3 Å². The minimum atomic E-state index is -0.599. The second-order valence-electron chi connectivity index (χ2n) is 10.5. The molecule has 298 valence electrons. The molecule has 1 N–H and O–H groups in total. The van der Waals surface area contributed by atoms with Crippen LogP contribution in [0.15, 0.2) is 30.3 Å². The first kappa shape index (κ1) is 46.6. The van der Waals surface area contributed by atoms with Crippen LogP contribution in [0, 0.1) is 0 Å². The van der Waals surface area contributed by atoms with E-state index < -0.39 is 23.9 Å². The Balaban J connectivity index is 1.79. The van der Waals surface area contributed by atoms with Crippen LogP contribution in [-0.2, 0) is 73.1 Å². The highest BCUT2D eigenvalue weighted by Crippen LogP contribution is 2.01. The zero-order chi connectivity index (χ0) is 37.7. The maximum atomic E-state index is 12.4. The molecule has 0 spiro atoms. The summed E-state index contributed by atoms with van der Waals surface area (Å²) in [6, 6.07) is 9.46. The number of nitrogens with one attached hydrogen (secondary N) is 1. The number of amides is 2. The molecule has 52 heavy (non-hydrogen) atoms. The Morgan fingerprint density at radius 3 is 1.31 bits per heavy atom. The van der Waals surface area contributed by atoms with Crippen LogP contribution in [0.4, 0.5) is 4.79 Å². The van der Waals surface area contributed by atoms with E-state index in [-0.39, 0.29) is 52.5 Å². The molecule has 0 saturated carbocycles. The van der Waals surface area contributed by atoms with Gasteiger partial charge in [-0.3, -0.25) is 14.4 Å². The van der Waals surface area contributed by atoms with E-state index in [4.69, 9.17) is 52.1 Å². The Morgan fingerprint density at radius 1 is 0.519 bits per heavy atom. The van der Waals surface area contributed by atoms with Gasteiger partial charge in [-0.05, 0) is 19.4 Å². The van der Waals surface area contributed by atoms with Gasteiger partial charge in [-0.2, -0.15) is 0 Å². The quantitative estimate of drug-likeness (QED) is 0.0597. The van der Waals surface area contributed by atoms with E-state index in [9.17, 15) is 19.2 Å². The van der Waals surface area contributed by atoms with Crippen molar-refractivity contribution in [1.29, 1.82) is 0 Å². The molecule has 17 nitrogen and oxygen atoms in total. The number of alkyl carbamates (subject to hydrolysis) is 1. The highest BCUT2D eigenvalue weighted by atomic mass is 16.6. The lowest BCUT2D eigenvalue weighted by Crippen LogP contribution is -2.41. The van der Waals surface area contributed by atoms with Crippen LogP contribution < -0.4 is 5.32 Å². The maximum Gasteiger partial charge on any atom is 0.407 e. The van der Waals surface area contributed by atoms with E-state index in [0.717, 1.165) is 10.5 Å². The third-order valence-electron chi connectivity index (χ3n) is 6.40. The van der Waals surface area contributed by atoms with Crippen molar-refractivity contribution >= 4 is 23.9 Å². The van der Waals surface area contributed by atoms with Gasteiger partial charge in [0.2, 0.25) is 5.91 Å². The summed E-state index contributed by atoms with van der Waals surface area (Å²) in [5, 5.41) is 2.63. The van der Waals surface area contributed by atoms with E-state index in [0.29, 0.717) is 99.0 Å². The fourth-order valence-electron chi connectivity index (χ4n) is 3.92. The topological polar surface area (TPSA) is 185 Å². The van der Waals surface area contributed by atoms with Crippen molar-refractivity contribution < 1.29 is 71.3 Å². The highest BCUT2D eigenvalue weighted by molar-refractivity contribution is 5.86. The Bertz CT molecular complexity index is 1010. The molecule has 0 aliphatic carbocycles. The third kappa shape index (κ3) is 29.2. The average Bonchev–Trinajstić information content (AvgIpc) is 3.14. The van der Waals surface area contributed by atoms with Gasteiger partial charge < -0.3 is 62.3 Å². The number of benzene rings is 1. The van der Waals surface area contributed by atoms with Crippen LogP contribution in [0.3, 0.4) is 0 Å². The van der Waals surface area contributed by atoms with Crippen molar-refractivity contribution in [2.75, 3.05) is 139 Å². The number of ether oxygens (including phenoxy) is 11. The molecule has 0 fully saturated rings. The molecule has 1 rings (SSSR count). The molecule has 0 radical (unpaired) electrons. The molecule has 0 unspecified atom stereocenters. The maximum absolute atomic E-state index is 12.4. The Hall–Kier alpha value is -3.42. The first-order chi connectivity index (χ1) is 25.5. The first-order valence-electron chi connectivity index (χ1n) is 17.6. The largest absolute Gasteiger partial charge is 0.465 e. The lowest BCUT2D eigenvalue weighted by molar-refractivity contribution is -0.154. The van der Waals surface area contributed by atoms with E-state index >= 15 is 0 Å². The van der Waals surface area contributed by atoms with E-state index in [1.54, 1.807) is 13.8 Å². The summed E-state index contributed by atoms with van der Waals surface area (Å²) in [6.45, 7) is 9.79.